The van der Waals surface area contributed by atoms with Crippen molar-refractivity contribution in [2.45, 2.75) is 31.6 Å². The van der Waals surface area contributed by atoms with Gasteiger partial charge in [-0.1, -0.05) is 28.1 Å². The van der Waals surface area contributed by atoms with Crippen LogP contribution < -0.4 is 5.32 Å². The van der Waals surface area contributed by atoms with Crippen LogP contribution in [0.2, 0.25) is 0 Å². The summed E-state index contributed by atoms with van der Waals surface area (Å²) in [5.41, 5.74) is 1.58. The van der Waals surface area contributed by atoms with Gasteiger partial charge in [0.25, 0.3) is 0 Å². The molecule has 1 aromatic carbocycles. The van der Waals surface area contributed by atoms with E-state index in [-0.39, 0.29) is 11.7 Å². The van der Waals surface area contributed by atoms with Gasteiger partial charge in [-0.15, -0.1) is 4.68 Å². The number of aromatic nitrogens is 2. The van der Waals surface area contributed by atoms with Crippen LogP contribution in [0.1, 0.15) is 42.9 Å². The van der Waals surface area contributed by atoms with Crippen molar-refractivity contribution < 1.29 is 14.7 Å². The Hall–Kier alpha value is -2.15. The predicted molar refractivity (Wildman–Crippen MR) is 88.8 cm³/mol. The van der Waals surface area contributed by atoms with Gasteiger partial charge in [-0.05, 0) is 37.5 Å². The quantitative estimate of drug-likeness (QED) is 0.848. The highest BCUT2D eigenvalue weighted by Crippen LogP contribution is 2.40. The van der Waals surface area contributed by atoms with Gasteiger partial charge >= 0.3 is 6.09 Å². The molecule has 1 saturated carbocycles. The first-order valence-electron chi connectivity index (χ1n) is 7.35. The van der Waals surface area contributed by atoms with Gasteiger partial charge in [-0.3, -0.25) is 4.79 Å². The number of halogens is 1. The second-order valence-corrected chi connectivity index (χ2v) is 6.60. The molecule has 1 heterocycles. The van der Waals surface area contributed by atoms with Crippen LogP contribution in [-0.2, 0) is 4.79 Å². The highest BCUT2D eigenvalue weighted by molar-refractivity contribution is 9.10. The molecule has 1 fully saturated rings. The Balaban J connectivity index is 1.79. The van der Waals surface area contributed by atoms with E-state index in [4.69, 9.17) is 0 Å². The topological polar surface area (TPSA) is 84.2 Å². The maximum absolute atomic E-state index is 12.4. The van der Waals surface area contributed by atoms with E-state index in [2.05, 4.69) is 26.3 Å². The first-order chi connectivity index (χ1) is 11.0. The lowest BCUT2D eigenvalue weighted by Crippen LogP contribution is -2.22. The maximum Gasteiger partial charge on any atom is 0.434 e. The summed E-state index contributed by atoms with van der Waals surface area (Å²) in [4.78, 5) is 23.7. The number of benzene rings is 1. The zero-order chi connectivity index (χ0) is 16.6. The fraction of sp³-hybridized carbons (Fsp3) is 0.312. The van der Waals surface area contributed by atoms with Crippen molar-refractivity contribution in [3.05, 3.63) is 46.1 Å². The summed E-state index contributed by atoms with van der Waals surface area (Å²) < 4.78 is 1.77. The van der Waals surface area contributed by atoms with E-state index in [0.717, 1.165) is 33.3 Å². The van der Waals surface area contributed by atoms with Gasteiger partial charge in [-0.25, -0.2) is 4.79 Å². The van der Waals surface area contributed by atoms with Crippen LogP contribution in [0.4, 0.5) is 10.6 Å². The smallest absolute Gasteiger partial charge is 0.434 e. The number of rotatable bonds is 4. The molecule has 0 saturated heterocycles. The van der Waals surface area contributed by atoms with E-state index >= 15 is 0 Å². The number of carbonyl (C=O) groups is 2. The Morgan fingerprint density at radius 3 is 2.57 bits per heavy atom. The Kier molecular flexibility index (Phi) is 4.21. The lowest BCUT2D eigenvalue weighted by atomic mass is 10.0. The number of hydrogen-bond donors (Lipinski definition) is 2. The molecule has 23 heavy (non-hydrogen) atoms. The SMILES string of the molecule is CC(C(=O)Nc1cc(C2CC2)nn1C(=O)O)c1ccc(Br)cc1. The van der Waals surface area contributed by atoms with Gasteiger partial charge in [0.1, 0.15) is 5.82 Å². The van der Waals surface area contributed by atoms with E-state index < -0.39 is 12.0 Å². The average Bonchev–Trinajstić information content (AvgIpc) is 3.28. The van der Waals surface area contributed by atoms with Crippen molar-refractivity contribution >= 4 is 33.7 Å². The highest BCUT2D eigenvalue weighted by atomic mass is 79.9. The van der Waals surface area contributed by atoms with E-state index in [1.165, 1.54) is 0 Å². The molecule has 1 unspecified atom stereocenters. The van der Waals surface area contributed by atoms with E-state index in [1.807, 2.05) is 24.3 Å². The number of amides is 1. The van der Waals surface area contributed by atoms with Gasteiger partial charge < -0.3 is 10.4 Å². The minimum absolute atomic E-state index is 0.202. The van der Waals surface area contributed by atoms with Crippen molar-refractivity contribution in [1.29, 1.82) is 0 Å². The second-order valence-electron chi connectivity index (χ2n) is 5.69. The van der Waals surface area contributed by atoms with Crippen LogP contribution in [0.5, 0.6) is 0 Å². The van der Waals surface area contributed by atoms with Gasteiger partial charge in [0.05, 0.1) is 11.6 Å². The Morgan fingerprint density at radius 2 is 2.00 bits per heavy atom. The monoisotopic (exact) mass is 377 g/mol. The van der Waals surface area contributed by atoms with Gasteiger partial charge in [0.15, 0.2) is 0 Å². The van der Waals surface area contributed by atoms with E-state index in [1.54, 1.807) is 13.0 Å². The van der Waals surface area contributed by atoms with Crippen molar-refractivity contribution in [3.8, 4) is 0 Å². The molecule has 3 rings (SSSR count). The summed E-state index contributed by atoms with van der Waals surface area (Å²) in [5, 5.41) is 16.0. The fourth-order valence-corrected chi connectivity index (χ4v) is 2.61. The molecular formula is C16H16BrN3O3. The molecule has 2 aromatic rings. The number of anilines is 1. The van der Waals surface area contributed by atoms with Crippen molar-refractivity contribution in [2.75, 3.05) is 5.32 Å². The van der Waals surface area contributed by atoms with Crippen LogP contribution in [-0.4, -0.2) is 26.9 Å². The molecule has 0 spiro atoms. The number of carbonyl (C=O) groups excluding carboxylic acids is 1. The van der Waals surface area contributed by atoms with E-state index in [0.29, 0.717) is 5.92 Å². The van der Waals surface area contributed by atoms with Crippen molar-refractivity contribution in [2.24, 2.45) is 0 Å². The van der Waals surface area contributed by atoms with Crippen molar-refractivity contribution in [3.63, 3.8) is 0 Å². The largest absolute Gasteiger partial charge is 0.463 e. The van der Waals surface area contributed by atoms with Crippen LogP contribution in [0, 0.1) is 0 Å². The van der Waals surface area contributed by atoms with Crippen LogP contribution in [0.25, 0.3) is 0 Å². The Bertz CT molecular complexity index is 750. The first kappa shape index (κ1) is 15.7. The average molecular weight is 378 g/mol. The summed E-state index contributed by atoms with van der Waals surface area (Å²) in [5.74, 6) is -0.148. The number of hydrogen-bond acceptors (Lipinski definition) is 3. The highest BCUT2D eigenvalue weighted by Gasteiger charge is 2.29. The Morgan fingerprint density at radius 1 is 1.35 bits per heavy atom. The molecule has 2 N–H and O–H groups in total. The molecule has 1 amide bonds. The third-order valence-electron chi connectivity index (χ3n) is 3.92. The minimum atomic E-state index is -1.21. The van der Waals surface area contributed by atoms with Crippen LogP contribution in [0.15, 0.2) is 34.8 Å². The molecule has 1 aliphatic carbocycles. The summed E-state index contributed by atoms with van der Waals surface area (Å²) in [6.07, 6.45) is 0.821. The van der Waals surface area contributed by atoms with Gasteiger partial charge in [-0.2, -0.15) is 5.10 Å². The summed E-state index contributed by atoms with van der Waals surface area (Å²) in [6.45, 7) is 1.78. The molecular weight excluding hydrogens is 362 g/mol. The number of nitrogens with zero attached hydrogens (tertiary/aromatic N) is 2. The third-order valence-corrected chi connectivity index (χ3v) is 4.45. The summed E-state index contributed by atoms with van der Waals surface area (Å²) in [6, 6.07) is 9.10. The minimum Gasteiger partial charge on any atom is -0.463 e. The fourth-order valence-electron chi connectivity index (χ4n) is 2.35. The zero-order valence-electron chi connectivity index (χ0n) is 12.5. The normalized spacial score (nSPS) is 15.2. The molecule has 0 radical (unpaired) electrons. The molecule has 0 bridgehead atoms. The number of nitrogens with one attached hydrogen (secondary N) is 1. The lowest BCUT2D eigenvalue weighted by molar-refractivity contribution is -0.117. The standard InChI is InChI=1S/C16H16BrN3O3/c1-9(10-4-6-12(17)7-5-10)15(21)18-14-8-13(11-2-3-11)19-20(14)16(22)23/h4-9,11H,2-3H2,1H3,(H,18,21)(H,22,23). The zero-order valence-corrected chi connectivity index (χ0v) is 14.1. The second kappa shape index (κ2) is 6.16. The van der Waals surface area contributed by atoms with Gasteiger partial charge in [0.2, 0.25) is 5.91 Å². The third kappa shape index (κ3) is 3.44. The molecule has 7 heteroatoms. The maximum atomic E-state index is 12.4. The molecule has 1 aromatic heterocycles. The van der Waals surface area contributed by atoms with Gasteiger partial charge in [0, 0.05) is 16.5 Å². The van der Waals surface area contributed by atoms with E-state index in [9.17, 15) is 14.7 Å². The number of carboxylic acid groups (broad SMARTS) is 1. The predicted octanol–water partition coefficient (Wildman–Crippen LogP) is 3.79. The molecule has 0 aliphatic heterocycles. The molecule has 6 nitrogen and oxygen atoms in total. The first-order valence-corrected chi connectivity index (χ1v) is 8.14. The van der Waals surface area contributed by atoms with Crippen molar-refractivity contribution in [1.82, 2.24) is 9.78 Å². The molecule has 1 aliphatic rings. The molecule has 1 atom stereocenters. The summed E-state index contributed by atoms with van der Waals surface area (Å²) in [7, 11) is 0. The Labute approximate surface area is 141 Å². The molecule has 120 valence electrons. The summed E-state index contributed by atoms with van der Waals surface area (Å²) >= 11 is 3.36. The van der Waals surface area contributed by atoms with Crippen LogP contribution in [0.3, 0.4) is 0 Å². The lowest BCUT2D eigenvalue weighted by Gasteiger charge is -2.12. The van der Waals surface area contributed by atoms with Crippen LogP contribution >= 0.6 is 15.9 Å².